The van der Waals surface area contributed by atoms with Gasteiger partial charge in [-0.1, -0.05) is 18.2 Å². The number of hydrogen-bond donors (Lipinski definition) is 1. The second-order valence-corrected chi connectivity index (χ2v) is 6.45. The number of pyridine rings is 1. The molecule has 3 rings (SSSR count). The van der Waals surface area contributed by atoms with E-state index in [0.717, 1.165) is 31.5 Å². The van der Waals surface area contributed by atoms with E-state index in [-0.39, 0.29) is 6.61 Å². The number of benzene rings is 1. The molecule has 0 radical (unpaired) electrons. The normalized spacial score (nSPS) is 17.5. The number of carbonyl (C=O) groups is 1. The fourth-order valence-electron chi connectivity index (χ4n) is 3.45. The van der Waals surface area contributed by atoms with Crippen LogP contribution >= 0.6 is 0 Å². The number of rotatable bonds is 8. The van der Waals surface area contributed by atoms with E-state index >= 15 is 0 Å². The van der Waals surface area contributed by atoms with E-state index in [1.54, 1.807) is 0 Å². The number of carboxylic acid groups (broad SMARTS) is 1. The molecule has 5 nitrogen and oxygen atoms in total. The fourth-order valence-corrected chi connectivity index (χ4v) is 3.45. The van der Waals surface area contributed by atoms with Gasteiger partial charge in [-0.3, -0.25) is 9.88 Å². The Morgan fingerprint density at radius 1 is 1.24 bits per heavy atom. The van der Waals surface area contributed by atoms with Crippen LogP contribution in [0.2, 0.25) is 0 Å². The highest BCUT2D eigenvalue weighted by Crippen LogP contribution is 2.27. The van der Waals surface area contributed by atoms with E-state index in [1.807, 2.05) is 36.7 Å². The molecule has 0 spiro atoms. The Hall–Kier alpha value is -2.40. The summed E-state index contributed by atoms with van der Waals surface area (Å²) in [5.74, 6) is -0.282. The third-order valence-electron chi connectivity index (χ3n) is 4.71. The number of aliphatic carboxylic acids is 1. The molecule has 132 valence electrons. The van der Waals surface area contributed by atoms with Crippen molar-refractivity contribution in [3.63, 3.8) is 0 Å². The van der Waals surface area contributed by atoms with Crippen molar-refractivity contribution >= 4 is 5.97 Å². The topological polar surface area (TPSA) is 62.7 Å². The third kappa shape index (κ3) is 5.03. The fraction of sp³-hybridized carbons (Fsp3) is 0.400. The summed E-state index contributed by atoms with van der Waals surface area (Å²) in [5, 5.41) is 8.83. The largest absolute Gasteiger partial charge is 0.482 e. The summed E-state index contributed by atoms with van der Waals surface area (Å²) in [6.07, 6.45) is 8.29. The summed E-state index contributed by atoms with van der Waals surface area (Å²) in [7, 11) is 0. The molecule has 5 heteroatoms. The highest BCUT2D eigenvalue weighted by Gasteiger charge is 2.25. The maximum absolute atomic E-state index is 10.8. The predicted molar refractivity (Wildman–Crippen MR) is 95.6 cm³/mol. The lowest BCUT2D eigenvalue weighted by Crippen LogP contribution is -2.29. The zero-order chi connectivity index (χ0) is 17.5. The number of hydrogen-bond acceptors (Lipinski definition) is 4. The Bertz CT molecular complexity index is 690. The van der Waals surface area contributed by atoms with Crippen molar-refractivity contribution < 1.29 is 14.6 Å². The van der Waals surface area contributed by atoms with Crippen LogP contribution in [-0.4, -0.2) is 40.2 Å². The van der Waals surface area contributed by atoms with E-state index in [1.165, 1.54) is 18.4 Å². The lowest BCUT2D eigenvalue weighted by molar-refractivity contribution is -0.139. The highest BCUT2D eigenvalue weighted by atomic mass is 16.5. The summed E-state index contributed by atoms with van der Waals surface area (Å²) in [5.41, 5.74) is 2.38. The van der Waals surface area contributed by atoms with Crippen molar-refractivity contribution in [3.8, 4) is 5.75 Å². The molecular formula is C20H24N2O3. The highest BCUT2D eigenvalue weighted by molar-refractivity contribution is 5.68. The first kappa shape index (κ1) is 17.4. The van der Waals surface area contributed by atoms with Gasteiger partial charge in [0.05, 0.1) is 0 Å². The molecule has 0 aliphatic carbocycles. The van der Waals surface area contributed by atoms with Crippen molar-refractivity contribution in [2.75, 3.05) is 13.2 Å². The smallest absolute Gasteiger partial charge is 0.341 e. The van der Waals surface area contributed by atoms with Gasteiger partial charge in [-0.25, -0.2) is 4.79 Å². The first-order chi connectivity index (χ1) is 12.2. The number of para-hydroxylation sites is 1. The van der Waals surface area contributed by atoms with Gasteiger partial charge in [0, 0.05) is 30.5 Å². The Morgan fingerprint density at radius 2 is 2.04 bits per heavy atom. The van der Waals surface area contributed by atoms with Crippen LogP contribution in [0.25, 0.3) is 0 Å². The van der Waals surface area contributed by atoms with Crippen LogP contribution in [0.4, 0.5) is 0 Å². The predicted octanol–water partition coefficient (Wildman–Crippen LogP) is 3.14. The van der Waals surface area contributed by atoms with Crippen LogP contribution in [0.3, 0.4) is 0 Å². The van der Waals surface area contributed by atoms with Crippen molar-refractivity contribution in [3.05, 3.63) is 59.9 Å². The summed E-state index contributed by atoms with van der Waals surface area (Å²) < 4.78 is 5.44. The maximum atomic E-state index is 10.8. The molecule has 0 saturated carbocycles. The molecule has 2 heterocycles. The molecule has 1 aliphatic rings. The van der Waals surface area contributed by atoms with Gasteiger partial charge in [-0.2, -0.15) is 0 Å². The van der Waals surface area contributed by atoms with Gasteiger partial charge in [0.15, 0.2) is 6.61 Å². The second kappa shape index (κ2) is 8.62. The SMILES string of the molecule is O=C(O)COc1ccccc1CN1CCC[C@@H]1CCc1ccncc1. The number of carboxylic acids is 1. The van der Waals surface area contributed by atoms with E-state index in [2.05, 4.69) is 22.0 Å². The summed E-state index contributed by atoms with van der Waals surface area (Å²) in [4.78, 5) is 17.3. The lowest BCUT2D eigenvalue weighted by Gasteiger charge is -2.25. The molecule has 1 N–H and O–H groups in total. The van der Waals surface area contributed by atoms with E-state index < -0.39 is 5.97 Å². The Balaban J connectivity index is 1.60. The summed E-state index contributed by atoms with van der Waals surface area (Å²) in [6.45, 7) is 1.58. The minimum Gasteiger partial charge on any atom is -0.482 e. The van der Waals surface area contributed by atoms with Crippen molar-refractivity contribution in [2.45, 2.75) is 38.3 Å². The standard InChI is InChI=1S/C20H24N2O3/c23-20(24)15-25-19-6-2-1-4-17(19)14-22-13-3-5-18(22)8-7-16-9-11-21-12-10-16/h1-2,4,6,9-12,18H,3,5,7-8,13-15H2,(H,23,24)/t18-/m1/s1. The van der Waals surface area contributed by atoms with Crippen molar-refractivity contribution in [1.29, 1.82) is 0 Å². The second-order valence-electron chi connectivity index (χ2n) is 6.45. The van der Waals surface area contributed by atoms with Crippen LogP contribution in [0.15, 0.2) is 48.8 Å². The Labute approximate surface area is 148 Å². The number of aromatic nitrogens is 1. The van der Waals surface area contributed by atoms with Gasteiger partial charge >= 0.3 is 5.97 Å². The lowest BCUT2D eigenvalue weighted by atomic mass is 10.0. The number of ether oxygens (including phenoxy) is 1. The Kier molecular flexibility index (Phi) is 6.01. The minimum atomic E-state index is -0.953. The third-order valence-corrected chi connectivity index (χ3v) is 4.71. The van der Waals surface area contributed by atoms with Crippen LogP contribution < -0.4 is 4.74 Å². The van der Waals surface area contributed by atoms with E-state index in [0.29, 0.717) is 11.8 Å². The van der Waals surface area contributed by atoms with Crippen LogP contribution in [-0.2, 0) is 17.8 Å². The number of likely N-dealkylation sites (tertiary alicyclic amines) is 1. The molecule has 1 aliphatic heterocycles. The van der Waals surface area contributed by atoms with Gasteiger partial charge in [0.1, 0.15) is 5.75 Å². The van der Waals surface area contributed by atoms with Crippen LogP contribution in [0.1, 0.15) is 30.4 Å². The van der Waals surface area contributed by atoms with Crippen molar-refractivity contribution in [1.82, 2.24) is 9.88 Å². The first-order valence-corrected chi connectivity index (χ1v) is 8.78. The molecule has 1 atom stereocenters. The van der Waals surface area contributed by atoms with E-state index in [4.69, 9.17) is 9.84 Å². The molecule has 0 amide bonds. The minimum absolute atomic E-state index is 0.303. The molecule has 1 saturated heterocycles. The molecule has 0 bridgehead atoms. The summed E-state index contributed by atoms with van der Waals surface area (Å²) >= 11 is 0. The van der Waals surface area contributed by atoms with Crippen LogP contribution in [0, 0.1) is 0 Å². The molecular weight excluding hydrogens is 316 g/mol. The average Bonchev–Trinajstić information content (AvgIpc) is 3.07. The van der Waals surface area contributed by atoms with Gasteiger partial charge in [-0.05, 0) is 56.0 Å². The first-order valence-electron chi connectivity index (χ1n) is 8.78. The van der Waals surface area contributed by atoms with Crippen LogP contribution in [0.5, 0.6) is 5.75 Å². The van der Waals surface area contributed by atoms with Gasteiger partial charge < -0.3 is 9.84 Å². The molecule has 2 aromatic rings. The zero-order valence-corrected chi connectivity index (χ0v) is 14.3. The van der Waals surface area contributed by atoms with Gasteiger partial charge in [-0.15, -0.1) is 0 Å². The molecule has 0 unspecified atom stereocenters. The van der Waals surface area contributed by atoms with E-state index in [9.17, 15) is 4.79 Å². The number of aryl methyl sites for hydroxylation is 1. The quantitative estimate of drug-likeness (QED) is 0.800. The molecule has 1 aromatic heterocycles. The summed E-state index contributed by atoms with van der Waals surface area (Å²) in [6, 6.07) is 12.4. The Morgan fingerprint density at radius 3 is 2.84 bits per heavy atom. The van der Waals surface area contributed by atoms with Gasteiger partial charge in [0.2, 0.25) is 0 Å². The average molecular weight is 340 g/mol. The molecule has 1 fully saturated rings. The zero-order valence-electron chi connectivity index (χ0n) is 14.3. The molecule has 1 aromatic carbocycles. The molecule has 25 heavy (non-hydrogen) atoms. The monoisotopic (exact) mass is 340 g/mol. The maximum Gasteiger partial charge on any atom is 0.341 e. The van der Waals surface area contributed by atoms with Crippen molar-refractivity contribution in [2.24, 2.45) is 0 Å². The van der Waals surface area contributed by atoms with Gasteiger partial charge in [0.25, 0.3) is 0 Å². The number of nitrogens with zero attached hydrogens (tertiary/aromatic N) is 2.